The first kappa shape index (κ1) is 46.4. The Kier molecular flexibility index (Phi) is 24.7. The Morgan fingerprint density at radius 3 is 1.79 bits per heavy atom. The Hall–Kier alpha value is -1.79. The molecule has 0 saturated carbocycles. The summed E-state index contributed by atoms with van der Waals surface area (Å²) in [7, 11) is 0. The van der Waals surface area contributed by atoms with E-state index in [1.807, 2.05) is 0 Å². The number of allylic oxidation sites excluding steroid dienone is 6. The van der Waals surface area contributed by atoms with Crippen LogP contribution in [-0.4, -0.2) is 142 Å². The minimum Gasteiger partial charge on any atom is -0.457 e. The largest absolute Gasteiger partial charge is 0.457 e. The highest BCUT2D eigenvalue weighted by Crippen LogP contribution is 2.26. The first-order valence-electron chi connectivity index (χ1n) is 19.1. The van der Waals surface area contributed by atoms with Crippen molar-refractivity contribution >= 4 is 5.97 Å². The minimum atomic E-state index is -1.70. The van der Waals surface area contributed by atoms with Gasteiger partial charge >= 0.3 is 5.97 Å². The summed E-state index contributed by atoms with van der Waals surface area (Å²) in [6.45, 7) is 2.93. The van der Waals surface area contributed by atoms with Crippen molar-refractivity contribution in [3.8, 4) is 0 Å². The molecule has 302 valence electrons. The number of rotatable bonds is 27. The molecule has 0 aliphatic carbocycles. The Labute approximate surface area is 309 Å². The molecule has 7 N–H and O–H groups in total. The van der Waals surface area contributed by atoms with Crippen molar-refractivity contribution in [1.29, 1.82) is 0 Å². The quantitative estimate of drug-likeness (QED) is 0.0365. The third-order valence-corrected chi connectivity index (χ3v) is 8.97. The number of hydrogen-bond donors (Lipinski definition) is 7. The van der Waals surface area contributed by atoms with Crippen LogP contribution in [0, 0.1) is 0 Å². The van der Waals surface area contributed by atoms with Crippen LogP contribution in [0.15, 0.2) is 36.5 Å². The Morgan fingerprint density at radius 1 is 0.635 bits per heavy atom. The summed E-state index contributed by atoms with van der Waals surface area (Å²) in [6.07, 6.45) is 10.6. The minimum absolute atomic E-state index is 0.0461. The smallest absolute Gasteiger partial charge is 0.305 e. The van der Waals surface area contributed by atoms with E-state index < -0.39 is 86.7 Å². The van der Waals surface area contributed by atoms with Crippen LogP contribution in [0.3, 0.4) is 0 Å². The van der Waals surface area contributed by atoms with E-state index >= 15 is 0 Å². The van der Waals surface area contributed by atoms with E-state index in [2.05, 4.69) is 43.4 Å². The molecule has 2 heterocycles. The summed E-state index contributed by atoms with van der Waals surface area (Å²) in [6, 6.07) is 0. The maximum Gasteiger partial charge on any atom is 0.305 e. The van der Waals surface area contributed by atoms with Crippen molar-refractivity contribution in [2.45, 2.75) is 165 Å². The average Bonchev–Trinajstić information content (AvgIpc) is 3.14. The van der Waals surface area contributed by atoms with E-state index in [1.54, 1.807) is 6.92 Å². The predicted octanol–water partition coefficient (Wildman–Crippen LogP) is 2.34. The molecule has 0 aromatic carbocycles. The molecule has 0 bridgehead atoms. The molecule has 2 saturated heterocycles. The number of aliphatic hydroxyl groups excluding tert-OH is 7. The van der Waals surface area contributed by atoms with E-state index in [-0.39, 0.29) is 19.6 Å². The number of hydrogen-bond acceptors (Lipinski definition) is 14. The molecule has 14 nitrogen and oxygen atoms in total. The standard InChI is InChI=1S/C38H66O14/c1-3-5-6-7-8-9-10-11-12-13-14-15-16-17-18-19-20-21-22-47-24-27(50-30(40)4-2)25-48-37-36(46)34(44)32(42)29(52-37)26-49-38-35(45)33(43)31(41)28(23-39)51-38/h5-6,8-9,11-12,27-29,31-39,41-46H,3-4,7,10,13-26H2,1-2H3/b6-5-,9-8-,12-11-. The number of carbonyl (C=O) groups excluding carboxylic acids is 1. The van der Waals surface area contributed by atoms with Gasteiger partial charge in [0.15, 0.2) is 12.6 Å². The molecule has 0 spiro atoms. The maximum atomic E-state index is 12.1. The zero-order valence-electron chi connectivity index (χ0n) is 31.0. The summed E-state index contributed by atoms with van der Waals surface area (Å²) in [4.78, 5) is 12.1. The van der Waals surface area contributed by atoms with Crippen LogP contribution in [0.1, 0.15) is 97.3 Å². The van der Waals surface area contributed by atoms with Gasteiger partial charge < -0.3 is 64.2 Å². The molecule has 0 aromatic heterocycles. The van der Waals surface area contributed by atoms with Gasteiger partial charge in [0, 0.05) is 13.0 Å². The van der Waals surface area contributed by atoms with Gasteiger partial charge in [-0.2, -0.15) is 0 Å². The third kappa shape index (κ3) is 17.6. The maximum absolute atomic E-state index is 12.1. The van der Waals surface area contributed by atoms with Crippen molar-refractivity contribution < 1.29 is 69.0 Å². The van der Waals surface area contributed by atoms with Gasteiger partial charge in [-0.1, -0.05) is 88.8 Å². The van der Waals surface area contributed by atoms with Crippen molar-refractivity contribution in [1.82, 2.24) is 0 Å². The lowest BCUT2D eigenvalue weighted by Gasteiger charge is -2.42. The Morgan fingerprint density at radius 2 is 1.17 bits per heavy atom. The van der Waals surface area contributed by atoms with Gasteiger partial charge in [-0.05, 0) is 38.5 Å². The van der Waals surface area contributed by atoms with Gasteiger partial charge in [0.1, 0.15) is 54.9 Å². The predicted molar refractivity (Wildman–Crippen MR) is 192 cm³/mol. The Bertz CT molecular complexity index is 1010. The molecule has 2 aliphatic heterocycles. The fraction of sp³-hybridized carbons (Fsp3) is 0.816. The third-order valence-electron chi connectivity index (χ3n) is 8.97. The highest BCUT2D eigenvalue weighted by Gasteiger charge is 2.47. The van der Waals surface area contributed by atoms with Crippen LogP contribution < -0.4 is 0 Å². The normalized spacial score (nSPS) is 30.5. The molecule has 0 radical (unpaired) electrons. The molecular weight excluding hydrogens is 680 g/mol. The van der Waals surface area contributed by atoms with Crippen molar-refractivity contribution in [3.05, 3.63) is 36.5 Å². The molecular formula is C38H66O14. The monoisotopic (exact) mass is 746 g/mol. The molecule has 14 heteroatoms. The van der Waals surface area contributed by atoms with Gasteiger partial charge in [-0.15, -0.1) is 0 Å². The van der Waals surface area contributed by atoms with E-state index in [4.69, 9.17) is 28.4 Å². The SMILES string of the molecule is CC/C=C\C/C=C\C/C=C\CCCCCCCCCCOCC(COC1OC(COC2OC(CO)C(O)C(O)C2O)C(O)C(O)C1O)OC(=O)CC. The number of aliphatic hydroxyl groups is 7. The molecule has 52 heavy (non-hydrogen) atoms. The number of esters is 1. The lowest BCUT2D eigenvalue weighted by molar-refractivity contribution is -0.332. The fourth-order valence-corrected chi connectivity index (χ4v) is 5.74. The number of ether oxygens (including phenoxy) is 6. The number of unbranched alkanes of at least 4 members (excludes halogenated alkanes) is 8. The van der Waals surface area contributed by atoms with Gasteiger partial charge in [-0.3, -0.25) is 4.79 Å². The molecule has 0 amide bonds. The lowest BCUT2D eigenvalue weighted by Crippen LogP contribution is -2.61. The second-order valence-electron chi connectivity index (χ2n) is 13.3. The van der Waals surface area contributed by atoms with E-state index in [1.165, 1.54) is 32.1 Å². The molecule has 11 atom stereocenters. The summed E-state index contributed by atoms with van der Waals surface area (Å²) >= 11 is 0. The van der Waals surface area contributed by atoms with Crippen molar-refractivity contribution in [2.24, 2.45) is 0 Å². The van der Waals surface area contributed by atoms with Gasteiger partial charge in [0.25, 0.3) is 0 Å². The summed E-state index contributed by atoms with van der Waals surface area (Å²) in [5.41, 5.74) is 0. The fourth-order valence-electron chi connectivity index (χ4n) is 5.74. The van der Waals surface area contributed by atoms with Crippen LogP contribution in [0.2, 0.25) is 0 Å². The highest BCUT2D eigenvalue weighted by atomic mass is 16.7. The van der Waals surface area contributed by atoms with Gasteiger partial charge in [0.05, 0.1) is 26.4 Å². The van der Waals surface area contributed by atoms with Crippen LogP contribution in [0.4, 0.5) is 0 Å². The second kappa shape index (κ2) is 27.7. The van der Waals surface area contributed by atoms with Crippen LogP contribution in [0.5, 0.6) is 0 Å². The summed E-state index contributed by atoms with van der Waals surface area (Å²) in [5, 5.41) is 71.0. The number of carbonyl (C=O) groups is 1. The lowest BCUT2D eigenvalue weighted by atomic mass is 9.98. The van der Waals surface area contributed by atoms with E-state index in [9.17, 15) is 40.5 Å². The second-order valence-corrected chi connectivity index (χ2v) is 13.3. The van der Waals surface area contributed by atoms with Crippen molar-refractivity contribution in [2.75, 3.05) is 33.0 Å². The zero-order chi connectivity index (χ0) is 38.1. The highest BCUT2D eigenvalue weighted by molar-refractivity contribution is 5.69. The summed E-state index contributed by atoms with van der Waals surface area (Å²) in [5.74, 6) is -0.470. The first-order valence-corrected chi connectivity index (χ1v) is 19.1. The molecule has 0 aromatic rings. The molecule has 2 rings (SSSR count). The van der Waals surface area contributed by atoms with Gasteiger partial charge in [0.2, 0.25) is 0 Å². The van der Waals surface area contributed by atoms with Crippen LogP contribution >= 0.6 is 0 Å². The van der Waals surface area contributed by atoms with Gasteiger partial charge in [-0.25, -0.2) is 0 Å². The van der Waals surface area contributed by atoms with Crippen LogP contribution in [0.25, 0.3) is 0 Å². The van der Waals surface area contributed by atoms with E-state index in [0.29, 0.717) is 6.61 Å². The van der Waals surface area contributed by atoms with E-state index in [0.717, 1.165) is 44.9 Å². The Balaban J connectivity index is 1.65. The average molecular weight is 747 g/mol. The molecule has 2 fully saturated rings. The zero-order valence-corrected chi connectivity index (χ0v) is 31.0. The molecule has 2 aliphatic rings. The van der Waals surface area contributed by atoms with Crippen molar-refractivity contribution in [3.63, 3.8) is 0 Å². The topological polar surface area (TPSA) is 214 Å². The summed E-state index contributed by atoms with van der Waals surface area (Å²) < 4.78 is 33.3. The van der Waals surface area contributed by atoms with Crippen LogP contribution in [-0.2, 0) is 33.2 Å². The molecule has 11 unspecified atom stereocenters. The first-order chi connectivity index (χ1) is 25.1.